The number of rotatable bonds is 4. The Labute approximate surface area is 67.2 Å². The topological polar surface area (TPSA) is 0 Å². The molecule has 0 aromatic heterocycles. The molecule has 0 radical (unpaired) electrons. The molecule has 0 amide bonds. The van der Waals surface area contributed by atoms with Crippen molar-refractivity contribution in [1.82, 2.24) is 0 Å². The number of hydrogen-bond acceptors (Lipinski definition) is 0. The van der Waals surface area contributed by atoms with Crippen molar-refractivity contribution in [1.29, 1.82) is 0 Å². The normalized spacial score (nSPS) is 12.0. The van der Waals surface area contributed by atoms with Crippen LogP contribution in [0.15, 0.2) is 0 Å². The van der Waals surface area contributed by atoms with E-state index in [-0.39, 0.29) is 0 Å². The van der Waals surface area contributed by atoms with E-state index in [4.69, 9.17) is 0 Å². The molecule has 0 nitrogen and oxygen atoms in total. The Bertz CT molecular complexity index is 65.0. The van der Waals surface area contributed by atoms with Crippen LogP contribution in [0.1, 0.15) is 40.0 Å². The molecule has 0 saturated heterocycles. The monoisotopic (exact) mass is 192 g/mol. The molecule has 0 rings (SSSR count). The lowest BCUT2D eigenvalue weighted by molar-refractivity contribution is 0.290. The summed E-state index contributed by atoms with van der Waals surface area (Å²) in [5, 5.41) is 1.14. The van der Waals surface area contributed by atoms with Crippen LogP contribution in [0, 0.1) is 5.41 Å². The van der Waals surface area contributed by atoms with E-state index >= 15 is 0 Å². The van der Waals surface area contributed by atoms with Gasteiger partial charge in [0.25, 0.3) is 0 Å². The maximum Gasteiger partial charge on any atom is 0.00364 e. The summed E-state index contributed by atoms with van der Waals surface area (Å²) in [5.74, 6) is 0. The van der Waals surface area contributed by atoms with Gasteiger partial charge >= 0.3 is 0 Å². The van der Waals surface area contributed by atoms with Crippen LogP contribution in [0.3, 0.4) is 0 Å². The first-order valence-electron chi connectivity index (χ1n) is 3.74. The van der Waals surface area contributed by atoms with Crippen LogP contribution < -0.4 is 0 Å². The average Bonchev–Trinajstić information content (AvgIpc) is 1.89. The van der Waals surface area contributed by atoms with Gasteiger partial charge in [-0.3, -0.25) is 0 Å². The minimum atomic E-state index is 0.587. The Hall–Kier alpha value is 0.480. The lowest BCUT2D eigenvalue weighted by Gasteiger charge is -2.25. The molecule has 56 valence electrons. The van der Waals surface area contributed by atoms with Crippen molar-refractivity contribution in [3.8, 4) is 0 Å². The van der Waals surface area contributed by atoms with Crippen LogP contribution in [0.4, 0.5) is 0 Å². The summed E-state index contributed by atoms with van der Waals surface area (Å²) in [5.41, 5.74) is 0.587. The molecule has 0 heterocycles. The fraction of sp³-hybridized carbons (Fsp3) is 1.00. The van der Waals surface area contributed by atoms with Gasteiger partial charge in [0.1, 0.15) is 0 Å². The Balaban J connectivity index is 3.62. The number of halogens is 1. The Kier molecular flexibility index (Phi) is 4.55. The van der Waals surface area contributed by atoms with E-state index < -0.39 is 0 Å². The fourth-order valence-corrected chi connectivity index (χ4v) is 1.79. The molecule has 0 atom stereocenters. The van der Waals surface area contributed by atoms with Gasteiger partial charge in [0.15, 0.2) is 0 Å². The molecule has 0 fully saturated rings. The summed E-state index contributed by atoms with van der Waals surface area (Å²) in [7, 11) is 0. The molecule has 0 aliphatic rings. The first-order chi connectivity index (χ1) is 4.18. The second kappa shape index (κ2) is 4.32. The average molecular weight is 193 g/mol. The molecular weight excluding hydrogens is 176 g/mol. The molecule has 0 saturated carbocycles. The Morgan fingerprint density at radius 3 is 1.78 bits per heavy atom. The van der Waals surface area contributed by atoms with E-state index in [9.17, 15) is 0 Å². The summed E-state index contributed by atoms with van der Waals surface area (Å²) in [6.45, 7) is 6.90. The van der Waals surface area contributed by atoms with E-state index in [0.717, 1.165) is 5.33 Å². The highest BCUT2D eigenvalue weighted by Crippen LogP contribution is 2.29. The maximum absolute atomic E-state index is 3.47. The number of alkyl halides is 1. The van der Waals surface area contributed by atoms with Gasteiger partial charge in [0, 0.05) is 5.33 Å². The van der Waals surface area contributed by atoms with Gasteiger partial charge in [-0.05, 0) is 11.8 Å². The van der Waals surface area contributed by atoms with Crippen molar-refractivity contribution in [3.63, 3.8) is 0 Å². The molecule has 0 aromatic carbocycles. The smallest absolute Gasteiger partial charge is 0.00364 e. The van der Waals surface area contributed by atoms with Crippen LogP contribution in [0.2, 0.25) is 0 Å². The minimum absolute atomic E-state index is 0.587. The molecule has 1 heteroatoms. The summed E-state index contributed by atoms with van der Waals surface area (Å²) in [6, 6.07) is 0. The summed E-state index contributed by atoms with van der Waals surface area (Å²) >= 11 is 3.47. The van der Waals surface area contributed by atoms with Gasteiger partial charge < -0.3 is 0 Å². The molecule has 0 aromatic rings. The second-order valence-electron chi connectivity index (χ2n) is 2.96. The van der Waals surface area contributed by atoms with E-state index in [1.54, 1.807) is 0 Å². The Morgan fingerprint density at radius 1 is 1.22 bits per heavy atom. The van der Waals surface area contributed by atoms with Crippen LogP contribution in [0.25, 0.3) is 0 Å². The number of hydrogen-bond donors (Lipinski definition) is 0. The minimum Gasteiger partial charge on any atom is -0.0928 e. The zero-order valence-corrected chi connectivity index (χ0v) is 8.29. The van der Waals surface area contributed by atoms with Crippen molar-refractivity contribution in [3.05, 3.63) is 0 Å². The van der Waals surface area contributed by atoms with E-state index in [1.807, 2.05) is 0 Å². The third-order valence-corrected chi connectivity index (χ3v) is 2.80. The van der Waals surface area contributed by atoms with Crippen molar-refractivity contribution < 1.29 is 0 Å². The third kappa shape index (κ3) is 3.24. The van der Waals surface area contributed by atoms with E-state index in [0.29, 0.717) is 5.41 Å². The molecule has 0 N–H and O–H groups in total. The van der Waals surface area contributed by atoms with Crippen molar-refractivity contribution in [2.45, 2.75) is 40.0 Å². The zero-order valence-electron chi connectivity index (χ0n) is 6.71. The highest BCUT2D eigenvalue weighted by Gasteiger charge is 2.17. The largest absolute Gasteiger partial charge is 0.0928 e. The first kappa shape index (κ1) is 9.48. The molecule has 0 aliphatic heterocycles. The molecule has 0 unspecified atom stereocenters. The van der Waals surface area contributed by atoms with Crippen molar-refractivity contribution in [2.24, 2.45) is 5.41 Å². The van der Waals surface area contributed by atoms with Crippen molar-refractivity contribution in [2.75, 3.05) is 5.33 Å². The van der Waals surface area contributed by atoms with E-state index in [1.165, 1.54) is 19.3 Å². The van der Waals surface area contributed by atoms with Crippen molar-refractivity contribution >= 4 is 15.9 Å². The quantitative estimate of drug-likeness (QED) is 0.598. The highest BCUT2D eigenvalue weighted by atomic mass is 79.9. The molecule has 0 aliphatic carbocycles. The molecule has 0 bridgehead atoms. The van der Waals surface area contributed by atoms with Gasteiger partial charge in [0.2, 0.25) is 0 Å². The maximum atomic E-state index is 3.47. The zero-order chi connectivity index (χ0) is 7.33. The van der Waals surface area contributed by atoms with Gasteiger partial charge in [-0.2, -0.15) is 0 Å². The van der Waals surface area contributed by atoms with E-state index in [2.05, 4.69) is 36.7 Å². The highest BCUT2D eigenvalue weighted by molar-refractivity contribution is 9.09. The molecule has 0 spiro atoms. The fourth-order valence-electron chi connectivity index (χ4n) is 0.832. The molecular formula is C8H17Br. The summed E-state index contributed by atoms with van der Waals surface area (Å²) < 4.78 is 0. The van der Waals surface area contributed by atoms with Crippen LogP contribution >= 0.6 is 15.9 Å². The second-order valence-corrected chi connectivity index (χ2v) is 3.75. The van der Waals surface area contributed by atoms with Crippen LogP contribution in [-0.4, -0.2) is 5.33 Å². The predicted molar refractivity (Wildman–Crippen MR) is 47.1 cm³/mol. The summed E-state index contributed by atoms with van der Waals surface area (Å²) in [4.78, 5) is 0. The Morgan fingerprint density at radius 2 is 1.67 bits per heavy atom. The van der Waals surface area contributed by atoms with Gasteiger partial charge in [-0.1, -0.05) is 49.5 Å². The summed E-state index contributed by atoms with van der Waals surface area (Å²) in [6.07, 6.45) is 3.91. The standard InChI is InChI=1S/C8H17Br/c1-4-8(3,5-2)6-7-9/h4-7H2,1-3H3. The first-order valence-corrected chi connectivity index (χ1v) is 4.86. The SMILES string of the molecule is CCC(C)(CC)CCBr. The third-order valence-electron chi connectivity index (χ3n) is 2.41. The predicted octanol–water partition coefficient (Wildman–Crippen LogP) is 3.60. The van der Waals surface area contributed by atoms with Gasteiger partial charge in [-0.15, -0.1) is 0 Å². The van der Waals surface area contributed by atoms with Crippen LogP contribution in [-0.2, 0) is 0 Å². The lowest BCUT2D eigenvalue weighted by Crippen LogP contribution is -2.13. The van der Waals surface area contributed by atoms with Gasteiger partial charge in [-0.25, -0.2) is 0 Å². The molecule has 9 heavy (non-hydrogen) atoms. The van der Waals surface area contributed by atoms with Gasteiger partial charge in [0.05, 0.1) is 0 Å². The lowest BCUT2D eigenvalue weighted by atomic mass is 9.82. The van der Waals surface area contributed by atoms with Crippen LogP contribution in [0.5, 0.6) is 0 Å².